The number of carboxylic acid groups (broad SMARTS) is 1. The summed E-state index contributed by atoms with van der Waals surface area (Å²) in [4.78, 5) is 68.4. The van der Waals surface area contributed by atoms with E-state index >= 15 is 0 Å². The van der Waals surface area contributed by atoms with Crippen LogP contribution in [0.5, 0.6) is 5.88 Å². The fourth-order valence-electron chi connectivity index (χ4n) is 7.29. The van der Waals surface area contributed by atoms with Gasteiger partial charge in [-0.25, -0.2) is 17.9 Å². The number of nitrogens with one attached hydrogen (secondary N) is 3. The second-order valence-corrected chi connectivity index (χ2v) is 16.1. The average Bonchev–Trinajstić information content (AvgIpc) is 3.99. The first kappa shape index (κ1) is 35.4. The largest absolute Gasteiger partial charge is 0.471 e. The van der Waals surface area contributed by atoms with E-state index in [1.54, 1.807) is 38.1 Å². The van der Waals surface area contributed by atoms with Gasteiger partial charge in [-0.05, 0) is 69.4 Å². The number of sulfonamides is 1. The van der Waals surface area contributed by atoms with Crippen molar-refractivity contribution in [2.75, 3.05) is 6.54 Å². The molecular weight excluding hydrogens is 668 g/mol. The Kier molecular flexibility index (Phi) is 9.68. The molecule has 7 atom stereocenters. The molecule has 4 N–H and O–H groups in total. The predicted molar refractivity (Wildman–Crippen MR) is 182 cm³/mol. The SMILES string of the molecule is CCn1nc(O[C@@H]2C[C@H]3C(=O)N[C@]4(C(=O)NS(=O)(=O)C5CC5)C[C@H]4C=CCC[C@H](C)C[C@@H](C)[C@H](NC(=O)O)C(=O)N3C2)c2ccccc2c1=O. The van der Waals surface area contributed by atoms with Gasteiger partial charge in [0.25, 0.3) is 11.5 Å². The Bertz CT molecular complexity index is 1890. The monoisotopic (exact) mass is 712 g/mol. The van der Waals surface area contributed by atoms with E-state index in [4.69, 9.17) is 4.74 Å². The fraction of sp³-hybridized carbons (Fsp3) is 0.588. The minimum atomic E-state index is -3.91. The zero-order valence-corrected chi connectivity index (χ0v) is 29.1. The molecular formula is C34H44N6O9S. The first-order valence-electron chi connectivity index (χ1n) is 17.2. The second-order valence-electron chi connectivity index (χ2n) is 14.2. The van der Waals surface area contributed by atoms with Crippen LogP contribution in [-0.2, 0) is 31.0 Å². The Morgan fingerprint density at radius 3 is 2.50 bits per heavy atom. The van der Waals surface area contributed by atoms with Gasteiger partial charge >= 0.3 is 6.09 Å². The third-order valence-corrected chi connectivity index (χ3v) is 12.1. The quantitative estimate of drug-likeness (QED) is 0.307. The molecule has 0 radical (unpaired) electrons. The first-order chi connectivity index (χ1) is 23.7. The summed E-state index contributed by atoms with van der Waals surface area (Å²) in [5, 5.41) is 19.5. The molecule has 0 spiro atoms. The fourth-order valence-corrected chi connectivity index (χ4v) is 8.66. The molecule has 6 rings (SSSR count). The first-order valence-corrected chi connectivity index (χ1v) is 18.8. The Hall–Kier alpha value is -4.47. The van der Waals surface area contributed by atoms with Crippen LogP contribution in [0.2, 0.25) is 0 Å². The molecule has 270 valence electrons. The van der Waals surface area contributed by atoms with Gasteiger partial charge in [-0.15, -0.1) is 5.10 Å². The Labute approximate surface area is 289 Å². The lowest BCUT2D eigenvalue weighted by Gasteiger charge is -2.32. The smallest absolute Gasteiger partial charge is 0.405 e. The predicted octanol–water partition coefficient (Wildman–Crippen LogP) is 1.90. The van der Waals surface area contributed by atoms with Crippen LogP contribution in [-0.4, -0.2) is 87.5 Å². The minimum Gasteiger partial charge on any atom is -0.471 e. The zero-order chi connectivity index (χ0) is 36.0. The number of nitrogens with zero attached hydrogens (tertiary/aromatic N) is 3. The van der Waals surface area contributed by atoms with Gasteiger partial charge in [0.2, 0.25) is 27.7 Å². The maximum absolute atomic E-state index is 14.3. The van der Waals surface area contributed by atoms with Crippen LogP contribution < -0.4 is 25.7 Å². The number of aromatic nitrogens is 2. The maximum atomic E-state index is 14.3. The lowest BCUT2D eigenvalue weighted by Crippen LogP contribution is -2.59. The van der Waals surface area contributed by atoms with E-state index in [9.17, 15) is 37.5 Å². The van der Waals surface area contributed by atoms with Crippen molar-refractivity contribution in [2.45, 2.75) is 101 Å². The Morgan fingerprint density at radius 2 is 1.82 bits per heavy atom. The lowest BCUT2D eigenvalue weighted by molar-refractivity contribution is -0.142. The highest BCUT2D eigenvalue weighted by Crippen LogP contribution is 2.46. The molecule has 2 saturated carbocycles. The van der Waals surface area contributed by atoms with Gasteiger partial charge in [-0.3, -0.25) is 23.9 Å². The number of fused-ring (bicyclic) bond motifs is 3. The molecule has 16 heteroatoms. The molecule has 4 aliphatic rings. The zero-order valence-electron chi connectivity index (χ0n) is 28.3. The topological polar surface area (TPSA) is 206 Å². The van der Waals surface area contributed by atoms with Gasteiger partial charge in [-0.1, -0.05) is 38.1 Å². The number of rotatable bonds is 7. The van der Waals surface area contributed by atoms with Crippen molar-refractivity contribution in [3.05, 3.63) is 46.8 Å². The number of ether oxygens (including phenoxy) is 1. The molecule has 2 aromatic rings. The number of carbonyl (C=O) groups excluding carboxylic acids is 3. The number of amides is 4. The Morgan fingerprint density at radius 1 is 1.10 bits per heavy atom. The molecule has 3 fully saturated rings. The summed E-state index contributed by atoms with van der Waals surface area (Å²) in [6.45, 7) is 5.73. The highest BCUT2D eigenvalue weighted by Gasteiger charge is 2.62. The molecule has 2 aliphatic carbocycles. The van der Waals surface area contributed by atoms with Gasteiger partial charge in [-0.2, -0.15) is 0 Å². The van der Waals surface area contributed by atoms with Crippen molar-refractivity contribution in [1.82, 2.24) is 30.0 Å². The molecule has 50 heavy (non-hydrogen) atoms. The van der Waals surface area contributed by atoms with Gasteiger partial charge < -0.3 is 25.4 Å². The van der Waals surface area contributed by atoms with Gasteiger partial charge in [0, 0.05) is 18.9 Å². The van der Waals surface area contributed by atoms with E-state index < -0.39 is 74.7 Å². The summed E-state index contributed by atoms with van der Waals surface area (Å²) >= 11 is 0. The number of hydrogen-bond acceptors (Lipinski definition) is 9. The Balaban J connectivity index is 1.36. The summed E-state index contributed by atoms with van der Waals surface area (Å²) in [6.07, 6.45) is 4.49. The third-order valence-electron chi connectivity index (χ3n) is 10.3. The van der Waals surface area contributed by atoms with E-state index in [1.807, 2.05) is 19.1 Å². The average molecular weight is 713 g/mol. The van der Waals surface area contributed by atoms with Crippen LogP contribution in [0.3, 0.4) is 0 Å². The molecule has 15 nitrogen and oxygen atoms in total. The van der Waals surface area contributed by atoms with Gasteiger partial charge in [0.15, 0.2) is 0 Å². The minimum absolute atomic E-state index is 0.0397. The van der Waals surface area contributed by atoms with E-state index in [1.165, 1.54) is 9.58 Å². The summed E-state index contributed by atoms with van der Waals surface area (Å²) in [6, 6.07) is 4.44. The highest BCUT2D eigenvalue weighted by atomic mass is 32.2. The summed E-state index contributed by atoms with van der Waals surface area (Å²) in [7, 11) is -3.91. The second kappa shape index (κ2) is 13.7. The summed E-state index contributed by atoms with van der Waals surface area (Å²) in [5.74, 6) is -2.79. The van der Waals surface area contributed by atoms with Gasteiger partial charge in [0.05, 0.1) is 22.6 Å². The summed E-state index contributed by atoms with van der Waals surface area (Å²) < 4.78 is 35.3. The van der Waals surface area contributed by atoms with E-state index in [0.29, 0.717) is 36.5 Å². The molecule has 0 unspecified atom stereocenters. The molecule has 0 bridgehead atoms. The molecule has 4 amide bonds. The third kappa shape index (κ3) is 7.07. The number of carbonyl (C=O) groups is 4. The van der Waals surface area contributed by atoms with E-state index in [-0.39, 0.29) is 43.3 Å². The van der Waals surface area contributed by atoms with Crippen LogP contribution in [0.15, 0.2) is 41.2 Å². The summed E-state index contributed by atoms with van der Waals surface area (Å²) in [5.41, 5.74) is -1.84. The van der Waals surface area contributed by atoms with Crippen molar-refractivity contribution >= 4 is 44.6 Å². The molecule has 1 saturated heterocycles. The molecule has 1 aromatic carbocycles. The van der Waals surface area contributed by atoms with Gasteiger partial charge in [0.1, 0.15) is 23.7 Å². The molecule has 1 aromatic heterocycles. The van der Waals surface area contributed by atoms with Crippen LogP contribution >= 0.6 is 0 Å². The normalized spacial score (nSPS) is 30.3. The lowest BCUT2D eigenvalue weighted by atomic mass is 9.88. The standard InChI is InChI=1S/C34H44N6O9S/c1-4-40-30(42)25-12-8-7-11-24(25)29(37-40)49-22-16-26-28(41)36-34(32(44)38-50(47,48)23-13-14-23)17-21(34)10-6-5-9-19(2)15-20(3)27(35-33(45)46)31(43)39(26)18-22/h6-8,10-12,19-23,26-27,35H,4-5,9,13-18H2,1-3H3,(H,36,41)(H,38,44)(H,45,46)/t19-,20+,21+,22+,26-,27-,34+/m0/s1. The van der Waals surface area contributed by atoms with E-state index in [0.717, 1.165) is 6.42 Å². The number of aryl methyl sites for hydroxylation is 1. The van der Waals surface area contributed by atoms with Crippen LogP contribution in [0.4, 0.5) is 4.79 Å². The molecule has 3 heterocycles. The van der Waals surface area contributed by atoms with Crippen LogP contribution in [0.25, 0.3) is 10.8 Å². The van der Waals surface area contributed by atoms with Crippen molar-refractivity contribution in [2.24, 2.45) is 17.8 Å². The van der Waals surface area contributed by atoms with Crippen LogP contribution in [0, 0.1) is 17.8 Å². The van der Waals surface area contributed by atoms with Crippen molar-refractivity contribution < 1.29 is 37.4 Å². The number of allylic oxidation sites excluding steroid dienone is 1. The van der Waals surface area contributed by atoms with Crippen molar-refractivity contribution in [3.63, 3.8) is 0 Å². The van der Waals surface area contributed by atoms with E-state index in [2.05, 4.69) is 20.5 Å². The highest BCUT2D eigenvalue weighted by molar-refractivity contribution is 7.91. The van der Waals surface area contributed by atoms with Crippen LogP contribution in [0.1, 0.15) is 65.7 Å². The van der Waals surface area contributed by atoms with Crippen molar-refractivity contribution in [1.29, 1.82) is 0 Å². The molecule has 2 aliphatic heterocycles. The number of benzene rings is 1. The maximum Gasteiger partial charge on any atom is 0.405 e. The van der Waals surface area contributed by atoms with Crippen molar-refractivity contribution in [3.8, 4) is 5.88 Å². The number of hydrogen-bond donors (Lipinski definition) is 4.